The summed E-state index contributed by atoms with van der Waals surface area (Å²) >= 11 is 1.34. The lowest BCUT2D eigenvalue weighted by Crippen LogP contribution is -2.33. The van der Waals surface area contributed by atoms with Crippen LogP contribution in [0.15, 0.2) is 78.2 Å². The normalized spacial score (nSPS) is 13.6. The summed E-state index contributed by atoms with van der Waals surface area (Å²) < 4.78 is 5.55. The van der Waals surface area contributed by atoms with Crippen LogP contribution >= 0.6 is 11.3 Å². The number of aromatic nitrogens is 1. The highest BCUT2D eigenvalue weighted by molar-refractivity contribution is 7.09. The number of benzene rings is 3. The predicted octanol–water partition coefficient (Wildman–Crippen LogP) is 4.52. The maximum absolute atomic E-state index is 12.4. The minimum atomic E-state index is -0.775. The number of amides is 3. The largest absolute Gasteiger partial charge is 0.449 e. The maximum atomic E-state index is 12.4. The number of fused-ring (bicyclic) bond motifs is 4. The van der Waals surface area contributed by atoms with E-state index >= 15 is 0 Å². The van der Waals surface area contributed by atoms with E-state index in [0.717, 1.165) is 11.1 Å². The first-order valence-electron chi connectivity index (χ1n) is 12.7. The van der Waals surface area contributed by atoms with Gasteiger partial charge in [0.15, 0.2) is 0 Å². The highest BCUT2D eigenvalue weighted by Gasteiger charge is 2.38. The Morgan fingerprint density at radius 2 is 1.43 bits per heavy atom. The number of imide groups is 1. The molecule has 9 nitrogen and oxygen atoms in total. The van der Waals surface area contributed by atoms with Crippen LogP contribution in [0.25, 0.3) is 11.1 Å². The summed E-state index contributed by atoms with van der Waals surface area (Å²) in [5.74, 6) is -2.14. The molecule has 6 rings (SSSR count). The molecule has 40 heavy (non-hydrogen) atoms. The molecule has 10 heteroatoms. The number of alkyl carbamates (subject to hydrolysis) is 1. The minimum absolute atomic E-state index is 0.0141. The Balaban J connectivity index is 0.963. The van der Waals surface area contributed by atoms with E-state index < -0.39 is 23.9 Å². The lowest BCUT2D eigenvalue weighted by Gasteiger charge is -2.14. The van der Waals surface area contributed by atoms with Gasteiger partial charge in [-0.3, -0.25) is 9.59 Å². The SMILES string of the molecule is O=C(Cc1csc(CCNC(=O)OCC2c3ccccc3-c3ccccc32)n1)ON1C(=O)c2ccccc2C1=O. The third-order valence-electron chi connectivity index (χ3n) is 6.83. The molecule has 200 valence electrons. The van der Waals surface area contributed by atoms with Gasteiger partial charge in [0.05, 0.1) is 28.2 Å². The van der Waals surface area contributed by atoms with Crippen LogP contribution in [0.4, 0.5) is 4.79 Å². The topological polar surface area (TPSA) is 115 Å². The van der Waals surface area contributed by atoms with Gasteiger partial charge in [0.25, 0.3) is 11.8 Å². The van der Waals surface area contributed by atoms with Crippen molar-refractivity contribution in [3.63, 3.8) is 0 Å². The lowest BCUT2D eigenvalue weighted by molar-refractivity contribution is -0.167. The number of nitrogens with zero attached hydrogens (tertiary/aromatic N) is 2. The van der Waals surface area contributed by atoms with Crippen molar-refractivity contribution in [3.8, 4) is 11.1 Å². The zero-order valence-electron chi connectivity index (χ0n) is 21.2. The van der Waals surface area contributed by atoms with E-state index in [2.05, 4.69) is 34.6 Å². The Morgan fingerprint density at radius 3 is 2.05 bits per heavy atom. The third kappa shape index (κ3) is 4.85. The first-order chi connectivity index (χ1) is 19.5. The fourth-order valence-electron chi connectivity index (χ4n) is 5.00. The highest BCUT2D eigenvalue weighted by Crippen LogP contribution is 2.44. The van der Waals surface area contributed by atoms with Crippen molar-refractivity contribution >= 4 is 35.2 Å². The van der Waals surface area contributed by atoms with Gasteiger partial charge in [0, 0.05) is 24.3 Å². The predicted molar refractivity (Wildman–Crippen MR) is 146 cm³/mol. The van der Waals surface area contributed by atoms with Gasteiger partial charge in [-0.25, -0.2) is 14.6 Å². The van der Waals surface area contributed by atoms with Crippen molar-refractivity contribution in [2.45, 2.75) is 18.8 Å². The van der Waals surface area contributed by atoms with Crippen molar-refractivity contribution in [2.75, 3.05) is 13.2 Å². The van der Waals surface area contributed by atoms with Crippen LogP contribution < -0.4 is 5.32 Å². The second kappa shape index (κ2) is 10.7. The maximum Gasteiger partial charge on any atom is 0.407 e. The van der Waals surface area contributed by atoms with E-state index in [1.54, 1.807) is 17.5 Å². The van der Waals surface area contributed by atoms with Crippen LogP contribution in [-0.2, 0) is 27.2 Å². The zero-order chi connectivity index (χ0) is 27.6. The highest BCUT2D eigenvalue weighted by atomic mass is 32.1. The number of hydrogen-bond acceptors (Lipinski definition) is 8. The van der Waals surface area contributed by atoms with Gasteiger partial charge >= 0.3 is 12.1 Å². The van der Waals surface area contributed by atoms with Gasteiger partial charge < -0.3 is 14.9 Å². The summed E-state index contributed by atoms with van der Waals surface area (Å²) in [5.41, 5.74) is 5.46. The molecule has 4 aromatic rings. The molecule has 0 fully saturated rings. The average Bonchev–Trinajstić information content (AvgIpc) is 3.62. The minimum Gasteiger partial charge on any atom is -0.449 e. The van der Waals surface area contributed by atoms with Gasteiger partial charge in [0.2, 0.25) is 0 Å². The third-order valence-corrected chi connectivity index (χ3v) is 7.78. The summed E-state index contributed by atoms with van der Waals surface area (Å²) in [7, 11) is 0. The van der Waals surface area contributed by atoms with Crippen molar-refractivity contribution < 1.29 is 28.8 Å². The van der Waals surface area contributed by atoms with Crippen molar-refractivity contribution in [2.24, 2.45) is 0 Å². The van der Waals surface area contributed by atoms with Gasteiger partial charge in [-0.2, -0.15) is 0 Å². The van der Waals surface area contributed by atoms with Crippen molar-refractivity contribution in [1.29, 1.82) is 0 Å². The van der Waals surface area contributed by atoms with Crippen molar-refractivity contribution in [3.05, 3.63) is 111 Å². The summed E-state index contributed by atoms with van der Waals surface area (Å²) in [6, 6.07) is 22.6. The molecule has 2 aliphatic rings. The molecule has 3 aromatic carbocycles. The molecule has 0 spiro atoms. The Hall–Kier alpha value is -4.83. The van der Waals surface area contributed by atoms with Crippen LogP contribution in [0.1, 0.15) is 48.5 Å². The first kappa shape index (κ1) is 25.4. The van der Waals surface area contributed by atoms with Gasteiger partial charge in [-0.15, -0.1) is 11.3 Å². The fraction of sp³-hybridized carbons (Fsp3) is 0.167. The molecule has 2 heterocycles. The molecular formula is C30H23N3O6S. The summed E-state index contributed by atoms with van der Waals surface area (Å²) in [5, 5.41) is 5.65. The van der Waals surface area contributed by atoms with Crippen LogP contribution in [0.3, 0.4) is 0 Å². The average molecular weight is 554 g/mol. The second-order valence-corrected chi connectivity index (χ2v) is 10.3. The molecule has 0 radical (unpaired) electrons. The Kier molecular flexibility index (Phi) is 6.83. The molecule has 0 bridgehead atoms. The molecule has 0 unspecified atom stereocenters. The summed E-state index contributed by atoms with van der Waals surface area (Å²) in [6.45, 7) is 0.541. The van der Waals surface area contributed by atoms with E-state index in [1.807, 2.05) is 24.3 Å². The molecular weight excluding hydrogens is 530 g/mol. The standard InChI is InChI=1S/C30H23N3O6S/c34-27(39-33-28(35)23-11-5-6-12-24(23)29(33)36)15-18-17-40-26(32-18)13-14-31-30(37)38-16-25-21-9-3-1-7-19(21)20-8-2-4-10-22(20)25/h1-12,17,25H,13-16H2,(H,31,37). The Morgan fingerprint density at radius 1 is 0.850 bits per heavy atom. The van der Waals surface area contributed by atoms with E-state index in [1.165, 1.54) is 34.6 Å². The van der Waals surface area contributed by atoms with Crippen molar-refractivity contribution in [1.82, 2.24) is 15.4 Å². The molecule has 1 aliphatic carbocycles. The number of rotatable bonds is 8. The van der Waals surface area contributed by atoms with E-state index in [-0.39, 0.29) is 30.1 Å². The van der Waals surface area contributed by atoms with Gasteiger partial charge in [0.1, 0.15) is 6.61 Å². The molecule has 1 aromatic heterocycles. The monoisotopic (exact) mass is 553 g/mol. The Bertz CT molecular complexity index is 1570. The van der Waals surface area contributed by atoms with Crippen LogP contribution in [0.5, 0.6) is 0 Å². The number of hydrogen-bond donors (Lipinski definition) is 1. The number of hydroxylamine groups is 2. The lowest BCUT2D eigenvalue weighted by atomic mass is 9.98. The molecule has 1 N–H and O–H groups in total. The van der Waals surface area contributed by atoms with E-state index in [4.69, 9.17) is 9.57 Å². The number of carbonyl (C=O) groups is 4. The molecule has 3 amide bonds. The molecule has 0 saturated carbocycles. The molecule has 1 aliphatic heterocycles. The molecule has 0 atom stereocenters. The fourth-order valence-corrected chi connectivity index (χ4v) is 5.80. The van der Waals surface area contributed by atoms with E-state index in [0.29, 0.717) is 28.7 Å². The van der Waals surface area contributed by atoms with Gasteiger partial charge in [-0.1, -0.05) is 65.7 Å². The number of nitrogens with one attached hydrogen (secondary N) is 1. The van der Waals surface area contributed by atoms with E-state index in [9.17, 15) is 19.2 Å². The van der Waals surface area contributed by atoms with Crippen LogP contribution in [0, 0.1) is 0 Å². The smallest absolute Gasteiger partial charge is 0.407 e. The summed E-state index contributed by atoms with van der Waals surface area (Å²) in [6.07, 6.45) is -0.269. The summed E-state index contributed by atoms with van der Waals surface area (Å²) in [4.78, 5) is 59.0. The second-order valence-electron chi connectivity index (χ2n) is 9.33. The number of carbonyl (C=O) groups excluding carboxylic acids is 4. The Labute approximate surface area is 233 Å². The van der Waals surface area contributed by atoms with Crippen LogP contribution in [0.2, 0.25) is 0 Å². The first-order valence-corrected chi connectivity index (χ1v) is 13.6. The number of ether oxygens (including phenoxy) is 1. The quantitative estimate of drug-likeness (QED) is 0.319. The van der Waals surface area contributed by atoms with Crippen LogP contribution in [-0.4, -0.2) is 47.1 Å². The van der Waals surface area contributed by atoms with Gasteiger partial charge in [-0.05, 0) is 34.4 Å². The molecule has 0 saturated heterocycles. The number of thiazole rings is 1. The zero-order valence-corrected chi connectivity index (χ0v) is 22.0.